The highest BCUT2D eigenvalue weighted by molar-refractivity contribution is 5.95. The molecule has 2 rings (SSSR count). The molecule has 1 aromatic carbocycles. The lowest BCUT2D eigenvalue weighted by Crippen LogP contribution is -2.38. The monoisotopic (exact) mass is 400 g/mol. The average molecular weight is 400 g/mol. The molecule has 0 spiro atoms. The van der Waals surface area contributed by atoms with E-state index in [9.17, 15) is 18.4 Å². The first kappa shape index (κ1) is 21.7. The molecule has 28 heavy (non-hydrogen) atoms. The molecule has 0 aromatic heterocycles. The van der Waals surface area contributed by atoms with Crippen molar-refractivity contribution in [3.8, 4) is 11.5 Å². The summed E-state index contributed by atoms with van der Waals surface area (Å²) in [4.78, 5) is 28.1. The Labute approximate surface area is 163 Å². The van der Waals surface area contributed by atoms with Crippen molar-refractivity contribution in [1.82, 2.24) is 9.80 Å². The lowest BCUT2D eigenvalue weighted by atomic mass is 10.1. The second kappa shape index (κ2) is 10.1. The molecule has 0 bridgehead atoms. The van der Waals surface area contributed by atoms with Gasteiger partial charge in [0.25, 0.3) is 5.91 Å². The summed E-state index contributed by atoms with van der Waals surface area (Å²) >= 11 is 0. The summed E-state index contributed by atoms with van der Waals surface area (Å²) in [5, 5.41) is 0. The minimum atomic E-state index is -2.98. The second-order valence-electron chi connectivity index (χ2n) is 6.85. The summed E-state index contributed by atoms with van der Waals surface area (Å²) < 4.78 is 39.5. The van der Waals surface area contributed by atoms with Gasteiger partial charge in [-0.15, -0.1) is 0 Å². The van der Waals surface area contributed by atoms with Gasteiger partial charge in [0.05, 0.1) is 13.7 Å². The molecule has 0 N–H and O–H groups in total. The average Bonchev–Trinajstić information content (AvgIpc) is 2.91. The molecule has 7 nitrogen and oxygen atoms in total. The predicted molar refractivity (Wildman–Crippen MR) is 97.9 cm³/mol. The van der Waals surface area contributed by atoms with Crippen molar-refractivity contribution in [2.75, 3.05) is 39.9 Å². The standard InChI is InChI=1S/C19H26F2N2O5/c1-13(2)12-27-19(25)23-8-4-7-22(9-10-23)17(24)14-5-6-15(28-18(20)21)16(11-14)26-3/h5-6,11,13,18H,4,7-10,12H2,1-3H3. The largest absolute Gasteiger partial charge is 0.493 e. The highest BCUT2D eigenvalue weighted by Crippen LogP contribution is 2.30. The van der Waals surface area contributed by atoms with Crippen LogP contribution in [-0.4, -0.2) is 68.3 Å². The Morgan fingerprint density at radius 3 is 2.39 bits per heavy atom. The van der Waals surface area contributed by atoms with Crippen LogP contribution < -0.4 is 9.47 Å². The fourth-order valence-electron chi connectivity index (χ4n) is 2.81. The summed E-state index contributed by atoms with van der Waals surface area (Å²) in [7, 11) is 1.31. The molecular weight excluding hydrogens is 374 g/mol. The molecule has 1 fully saturated rings. The predicted octanol–water partition coefficient (Wildman–Crippen LogP) is 3.24. The topological polar surface area (TPSA) is 68.3 Å². The molecule has 1 aliphatic rings. The third-order valence-electron chi connectivity index (χ3n) is 4.21. The van der Waals surface area contributed by atoms with Crippen LogP contribution in [0.3, 0.4) is 0 Å². The van der Waals surface area contributed by atoms with E-state index in [2.05, 4.69) is 4.74 Å². The first-order valence-corrected chi connectivity index (χ1v) is 9.15. The van der Waals surface area contributed by atoms with Gasteiger partial charge >= 0.3 is 12.7 Å². The summed E-state index contributed by atoms with van der Waals surface area (Å²) in [6, 6.07) is 4.08. The van der Waals surface area contributed by atoms with E-state index in [1.165, 1.54) is 25.3 Å². The molecular formula is C19H26F2N2O5. The first-order valence-electron chi connectivity index (χ1n) is 9.15. The van der Waals surface area contributed by atoms with Gasteiger partial charge in [-0.25, -0.2) is 4.79 Å². The number of methoxy groups -OCH3 is 1. The van der Waals surface area contributed by atoms with E-state index < -0.39 is 6.61 Å². The Hall–Kier alpha value is -2.58. The van der Waals surface area contributed by atoms with Crippen LogP contribution in [0.2, 0.25) is 0 Å². The van der Waals surface area contributed by atoms with E-state index in [0.717, 1.165) is 0 Å². The molecule has 0 unspecified atom stereocenters. The van der Waals surface area contributed by atoms with Gasteiger partial charge in [-0.05, 0) is 30.5 Å². The molecule has 0 aliphatic carbocycles. The molecule has 1 heterocycles. The fourth-order valence-corrected chi connectivity index (χ4v) is 2.81. The first-order chi connectivity index (χ1) is 13.3. The third-order valence-corrected chi connectivity index (χ3v) is 4.21. The van der Waals surface area contributed by atoms with Crippen LogP contribution in [0, 0.1) is 5.92 Å². The Bertz CT molecular complexity index is 684. The summed E-state index contributed by atoms with van der Waals surface area (Å²) in [5.41, 5.74) is 0.300. The van der Waals surface area contributed by atoms with Gasteiger partial charge in [0.15, 0.2) is 11.5 Å². The zero-order valence-corrected chi connectivity index (χ0v) is 16.3. The van der Waals surface area contributed by atoms with E-state index in [-0.39, 0.29) is 29.4 Å². The van der Waals surface area contributed by atoms with E-state index in [1.54, 1.807) is 9.80 Å². The van der Waals surface area contributed by atoms with Gasteiger partial charge in [-0.2, -0.15) is 8.78 Å². The number of amides is 2. The number of benzene rings is 1. The van der Waals surface area contributed by atoms with Crippen LogP contribution >= 0.6 is 0 Å². The molecule has 9 heteroatoms. The minimum Gasteiger partial charge on any atom is -0.493 e. The maximum atomic E-state index is 12.8. The van der Waals surface area contributed by atoms with Gasteiger partial charge in [-0.3, -0.25) is 4.79 Å². The fraction of sp³-hybridized carbons (Fsp3) is 0.579. The van der Waals surface area contributed by atoms with Crippen molar-refractivity contribution in [2.45, 2.75) is 26.9 Å². The molecule has 1 aromatic rings. The van der Waals surface area contributed by atoms with Gasteiger partial charge < -0.3 is 24.0 Å². The number of carbonyl (C=O) groups is 2. The van der Waals surface area contributed by atoms with Crippen LogP contribution in [0.15, 0.2) is 18.2 Å². The SMILES string of the molecule is COc1cc(C(=O)N2CCCN(C(=O)OCC(C)C)CC2)ccc1OC(F)F. The molecule has 0 atom stereocenters. The summed E-state index contributed by atoms with van der Waals surface area (Å²) in [6.45, 7) is 2.99. The van der Waals surface area contributed by atoms with Gasteiger partial charge in [0.2, 0.25) is 0 Å². The van der Waals surface area contributed by atoms with Gasteiger partial charge in [0.1, 0.15) is 0 Å². The number of alkyl halides is 2. The van der Waals surface area contributed by atoms with Crippen LogP contribution in [0.25, 0.3) is 0 Å². The molecule has 2 amide bonds. The summed E-state index contributed by atoms with van der Waals surface area (Å²) in [6.07, 6.45) is 0.241. The van der Waals surface area contributed by atoms with Crippen molar-refractivity contribution < 1.29 is 32.6 Å². The maximum Gasteiger partial charge on any atom is 0.409 e. The van der Waals surface area contributed by atoms with E-state index in [1.807, 2.05) is 13.8 Å². The van der Waals surface area contributed by atoms with Gasteiger partial charge in [-0.1, -0.05) is 13.8 Å². The number of ether oxygens (including phenoxy) is 3. The highest BCUT2D eigenvalue weighted by Gasteiger charge is 2.24. The third kappa shape index (κ3) is 5.97. The van der Waals surface area contributed by atoms with E-state index in [0.29, 0.717) is 44.8 Å². The van der Waals surface area contributed by atoms with Crippen molar-refractivity contribution in [3.05, 3.63) is 23.8 Å². The smallest absolute Gasteiger partial charge is 0.409 e. The Morgan fingerprint density at radius 2 is 1.75 bits per heavy atom. The van der Waals surface area contributed by atoms with Crippen molar-refractivity contribution in [2.24, 2.45) is 5.92 Å². The number of nitrogens with zero attached hydrogens (tertiary/aromatic N) is 2. The molecule has 0 saturated carbocycles. The van der Waals surface area contributed by atoms with Gasteiger partial charge in [0, 0.05) is 31.7 Å². The van der Waals surface area contributed by atoms with Crippen LogP contribution in [-0.2, 0) is 4.74 Å². The van der Waals surface area contributed by atoms with Crippen molar-refractivity contribution in [1.29, 1.82) is 0 Å². The second-order valence-corrected chi connectivity index (χ2v) is 6.85. The number of hydrogen-bond acceptors (Lipinski definition) is 5. The van der Waals surface area contributed by atoms with E-state index in [4.69, 9.17) is 9.47 Å². The maximum absolute atomic E-state index is 12.8. The number of carbonyl (C=O) groups excluding carboxylic acids is 2. The van der Waals surface area contributed by atoms with Crippen LogP contribution in [0.4, 0.5) is 13.6 Å². The molecule has 0 radical (unpaired) electrons. The number of hydrogen-bond donors (Lipinski definition) is 0. The lowest BCUT2D eigenvalue weighted by molar-refractivity contribution is -0.0512. The number of halogens is 2. The van der Waals surface area contributed by atoms with Crippen LogP contribution in [0.5, 0.6) is 11.5 Å². The van der Waals surface area contributed by atoms with E-state index >= 15 is 0 Å². The Kier molecular flexibility index (Phi) is 7.83. The van der Waals surface area contributed by atoms with Crippen molar-refractivity contribution in [3.63, 3.8) is 0 Å². The normalized spacial score (nSPS) is 14.8. The minimum absolute atomic E-state index is 0.0554. The lowest BCUT2D eigenvalue weighted by Gasteiger charge is -2.22. The quantitative estimate of drug-likeness (QED) is 0.733. The summed E-state index contributed by atoms with van der Waals surface area (Å²) in [5.74, 6) is -0.0934. The molecule has 156 valence electrons. The molecule has 1 aliphatic heterocycles. The highest BCUT2D eigenvalue weighted by atomic mass is 19.3. The number of rotatable bonds is 6. The van der Waals surface area contributed by atoms with Crippen LogP contribution in [0.1, 0.15) is 30.6 Å². The Morgan fingerprint density at radius 1 is 1.07 bits per heavy atom. The Balaban J connectivity index is 2.02. The zero-order valence-electron chi connectivity index (χ0n) is 16.3. The molecule has 1 saturated heterocycles. The zero-order chi connectivity index (χ0) is 20.7. The van der Waals surface area contributed by atoms with Crippen molar-refractivity contribution >= 4 is 12.0 Å².